The van der Waals surface area contributed by atoms with Crippen molar-refractivity contribution in [2.75, 3.05) is 39.6 Å². The number of hydrogen-bond acceptors (Lipinski definition) is 15. The monoisotopic (exact) mass is 1410 g/mol. The van der Waals surface area contributed by atoms with Crippen LogP contribution in [-0.2, 0) is 65.4 Å². The molecular weight excluding hydrogens is 1280 g/mol. The third-order valence-electron chi connectivity index (χ3n) is 14.5. The highest BCUT2D eigenvalue weighted by atomic mass is 31.2. The second-order valence-electron chi connectivity index (χ2n) is 23.7. The predicted octanol–water partition coefficient (Wildman–Crippen LogP) is 20.9. The summed E-state index contributed by atoms with van der Waals surface area (Å²) in [5, 5.41) is 10.6. The van der Waals surface area contributed by atoms with Gasteiger partial charge >= 0.3 is 39.5 Å². The maximum absolute atomic E-state index is 13.1. The van der Waals surface area contributed by atoms with Crippen molar-refractivity contribution in [3.05, 3.63) is 158 Å². The van der Waals surface area contributed by atoms with Crippen molar-refractivity contribution >= 4 is 39.5 Å². The molecule has 0 aliphatic heterocycles. The summed E-state index contributed by atoms with van der Waals surface area (Å²) >= 11 is 0. The van der Waals surface area contributed by atoms with E-state index in [4.69, 9.17) is 37.0 Å². The Morgan fingerprint density at radius 2 is 0.541 bits per heavy atom. The molecule has 556 valence electrons. The number of phosphoric ester groups is 2. The van der Waals surface area contributed by atoms with Gasteiger partial charge in [0.1, 0.15) is 19.3 Å². The first kappa shape index (κ1) is 92.7. The van der Waals surface area contributed by atoms with Gasteiger partial charge in [0.25, 0.3) is 0 Å². The van der Waals surface area contributed by atoms with Crippen molar-refractivity contribution in [3.63, 3.8) is 0 Å². The highest BCUT2D eigenvalue weighted by Crippen LogP contribution is 2.45. The Labute approximate surface area is 591 Å². The standard InChI is InChI=1S/C79H128O17P2/c1-5-9-13-17-21-25-29-32-35-36-39-41-45-48-52-56-60-64-77(82)89-69-74(95-78(83)65-61-57-53-49-43-28-24-20-16-12-8-4)71-93-97(85,86)91-67-73(80)68-92-98(87,88)94-72-75(96-79(84)66-62-58-54-50-46-42-38-34-31-27-23-19-15-11-7-3)70-90-76(81)63-59-55-51-47-44-40-37-33-30-26-22-18-14-10-6-2/h9-11,13-15,20-27,32-35,37-39,41,44,47-48,52,73-75,80H,5-8,12,16-19,28-31,36,40,42-43,45-46,49-51,53-72H2,1-4H3,(H,85,86)(H,87,88)/b13-9-,14-10-,15-11-,24-20-,25-21-,26-22-,27-23-,35-32-,37-33-,38-34-,41-39-,47-44-,52-48-. The van der Waals surface area contributed by atoms with Crippen LogP contribution in [0.15, 0.2) is 158 Å². The number of carbonyl (C=O) groups is 4. The number of aliphatic hydroxyl groups is 1. The summed E-state index contributed by atoms with van der Waals surface area (Å²) in [6.45, 7) is 4.31. The molecule has 0 amide bonds. The van der Waals surface area contributed by atoms with Gasteiger partial charge in [-0.25, -0.2) is 9.13 Å². The zero-order valence-corrected chi connectivity index (χ0v) is 62.2. The third-order valence-corrected chi connectivity index (χ3v) is 16.4. The lowest BCUT2D eigenvalue weighted by molar-refractivity contribution is -0.161. The van der Waals surface area contributed by atoms with E-state index >= 15 is 0 Å². The first-order valence-electron chi connectivity index (χ1n) is 36.7. The van der Waals surface area contributed by atoms with Crippen LogP contribution in [0.2, 0.25) is 0 Å². The van der Waals surface area contributed by atoms with E-state index in [9.17, 15) is 43.2 Å². The van der Waals surface area contributed by atoms with E-state index in [-0.39, 0.29) is 25.7 Å². The highest BCUT2D eigenvalue weighted by Gasteiger charge is 2.30. The van der Waals surface area contributed by atoms with Gasteiger partial charge in [0.15, 0.2) is 12.2 Å². The lowest BCUT2D eigenvalue weighted by Gasteiger charge is -2.21. The molecule has 0 saturated carbocycles. The quantitative estimate of drug-likeness (QED) is 0.0169. The second kappa shape index (κ2) is 70.1. The van der Waals surface area contributed by atoms with Crippen molar-refractivity contribution in [1.82, 2.24) is 0 Å². The summed E-state index contributed by atoms with van der Waals surface area (Å²) in [5.74, 6) is -2.34. The Balaban J connectivity index is 5.44. The zero-order chi connectivity index (χ0) is 71.8. The lowest BCUT2D eigenvalue weighted by atomic mass is 10.1. The average Bonchev–Trinajstić information content (AvgIpc) is 0.986. The SMILES string of the molecule is CC/C=C\C/C=C\C/C=C\C/C=C\C/C=C\CCCC(=O)OCC(COP(=O)(O)OCC(O)COP(=O)(O)OCC(COC(=O)CCCC/C=C\C/C=C\C/C=C\C/C=C\CC)OC(=O)CCCCCCC/C=C\C/C=C\C/C=C\CC)OC(=O)CCCCCCC/C=C\CCCC. The van der Waals surface area contributed by atoms with Crippen LogP contribution in [0.3, 0.4) is 0 Å². The van der Waals surface area contributed by atoms with Crippen molar-refractivity contribution in [1.29, 1.82) is 0 Å². The van der Waals surface area contributed by atoms with Gasteiger partial charge in [0, 0.05) is 25.7 Å². The van der Waals surface area contributed by atoms with E-state index in [0.29, 0.717) is 32.1 Å². The molecule has 5 unspecified atom stereocenters. The molecule has 0 bridgehead atoms. The fraction of sp³-hybridized carbons (Fsp3) is 0.620. The molecule has 19 heteroatoms. The molecule has 0 heterocycles. The van der Waals surface area contributed by atoms with Crippen molar-refractivity contribution < 1.29 is 80.2 Å². The van der Waals surface area contributed by atoms with Gasteiger partial charge in [-0.3, -0.25) is 37.3 Å². The molecular formula is C79H128O17P2. The minimum atomic E-state index is -5.00. The summed E-state index contributed by atoms with van der Waals surface area (Å²) in [7, 11) is -9.99. The van der Waals surface area contributed by atoms with Crippen molar-refractivity contribution in [2.45, 2.75) is 277 Å². The number of esters is 4. The molecule has 0 aliphatic carbocycles. The van der Waals surface area contributed by atoms with E-state index in [0.717, 1.165) is 161 Å². The number of phosphoric acid groups is 2. The molecule has 5 atom stereocenters. The molecule has 0 radical (unpaired) electrons. The number of unbranched alkanes of at least 4 members (excludes halogenated alkanes) is 15. The molecule has 0 saturated heterocycles. The number of ether oxygens (including phenoxy) is 4. The Morgan fingerprint density at radius 3 is 0.888 bits per heavy atom. The van der Waals surface area contributed by atoms with Gasteiger partial charge in [-0.1, -0.05) is 237 Å². The smallest absolute Gasteiger partial charge is 0.462 e. The number of hydrogen-bond donors (Lipinski definition) is 3. The maximum atomic E-state index is 13.1. The van der Waals surface area contributed by atoms with Crippen LogP contribution in [0.5, 0.6) is 0 Å². The normalized spacial score (nSPS) is 14.9. The van der Waals surface area contributed by atoms with Crippen LogP contribution < -0.4 is 0 Å². The molecule has 0 aromatic heterocycles. The fourth-order valence-electron chi connectivity index (χ4n) is 8.95. The van der Waals surface area contributed by atoms with Crippen LogP contribution in [-0.4, -0.2) is 96.7 Å². The molecule has 98 heavy (non-hydrogen) atoms. The van der Waals surface area contributed by atoms with E-state index in [1.54, 1.807) is 0 Å². The number of rotatable bonds is 67. The summed E-state index contributed by atoms with van der Waals surface area (Å²) in [5.41, 5.74) is 0. The van der Waals surface area contributed by atoms with E-state index in [2.05, 4.69) is 174 Å². The molecule has 3 N–H and O–H groups in total. The zero-order valence-electron chi connectivity index (χ0n) is 60.4. The Morgan fingerprint density at radius 1 is 0.296 bits per heavy atom. The Kier molecular flexibility index (Phi) is 66.3. The van der Waals surface area contributed by atoms with Gasteiger partial charge in [0.05, 0.1) is 26.4 Å². The number of allylic oxidation sites excluding steroid dienone is 26. The minimum absolute atomic E-state index is 0.0596. The van der Waals surface area contributed by atoms with Crippen molar-refractivity contribution in [2.24, 2.45) is 0 Å². The number of carbonyl (C=O) groups excluding carboxylic acids is 4. The van der Waals surface area contributed by atoms with Gasteiger partial charge in [-0.15, -0.1) is 0 Å². The minimum Gasteiger partial charge on any atom is -0.462 e. The van der Waals surface area contributed by atoms with Gasteiger partial charge in [-0.2, -0.15) is 0 Å². The molecule has 0 aliphatic rings. The van der Waals surface area contributed by atoms with Gasteiger partial charge in [0.2, 0.25) is 0 Å². The summed E-state index contributed by atoms with van der Waals surface area (Å²) in [6, 6.07) is 0. The fourth-order valence-corrected chi connectivity index (χ4v) is 10.5. The van der Waals surface area contributed by atoms with E-state index in [1.807, 2.05) is 12.2 Å². The Hall–Kier alpha value is -5.32. The molecule has 0 aromatic carbocycles. The van der Waals surface area contributed by atoms with Crippen LogP contribution in [0.4, 0.5) is 0 Å². The van der Waals surface area contributed by atoms with E-state index in [1.165, 1.54) is 12.8 Å². The molecule has 0 spiro atoms. The van der Waals surface area contributed by atoms with Crippen LogP contribution in [0.1, 0.15) is 259 Å². The highest BCUT2D eigenvalue weighted by molar-refractivity contribution is 7.47. The first-order valence-corrected chi connectivity index (χ1v) is 39.7. The molecule has 0 rings (SSSR count). The largest absolute Gasteiger partial charge is 0.472 e. The molecule has 17 nitrogen and oxygen atoms in total. The van der Waals surface area contributed by atoms with Gasteiger partial charge < -0.3 is 33.8 Å². The van der Waals surface area contributed by atoms with Crippen LogP contribution in [0.25, 0.3) is 0 Å². The van der Waals surface area contributed by atoms with Crippen LogP contribution >= 0.6 is 15.6 Å². The van der Waals surface area contributed by atoms with Gasteiger partial charge in [-0.05, 0) is 154 Å². The predicted molar refractivity (Wildman–Crippen MR) is 399 cm³/mol. The van der Waals surface area contributed by atoms with Crippen molar-refractivity contribution in [3.8, 4) is 0 Å². The Bertz CT molecular complexity index is 2480. The first-order chi connectivity index (χ1) is 47.7. The number of aliphatic hydroxyl groups excluding tert-OH is 1. The summed E-state index contributed by atoms with van der Waals surface area (Å²) in [4.78, 5) is 72.7. The maximum Gasteiger partial charge on any atom is 0.472 e. The molecule has 0 fully saturated rings. The summed E-state index contributed by atoms with van der Waals surface area (Å²) in [6.07, 6.45) is 79.8. The van der Waals surface area contributed by atoms with E-state index < -0.39 is 97.5 Å². The molecule has 0 aromatic rings. The third kappa shape index (κ3) is 69.2. The summed E-state index contributed by atoms with van der Waals surface area (Å²) < 4.78 is 68.2. The lowest BCUT2D eigenvalue weighted by Crippen LogP contribution is -2.30. The second-order valence-corrected chi connectivity index (χ2v) is 26.6. The topological polar surface area (TPSA) is 237 Å². The van der Waals surface area contributed by atoms with Crippen LogP contribution in [0, 0.1) is 0 Å². The average molecular weight is 1410 g/mol.